The highest BCUT2D eigenvalue weighted by Gasteiger charge is 1.95. The summed E-state index contributed by atoms with van der Waals surface area (Å²) in [7, 11) is 3.05. The maximum atomic E-state index is 10.1. The van der Waals surface area contributed by atoms with Crippen molar-refractivity contribution in [1.29, 1.82) is 0 Å². The van der Waals surface area contributed by atoms with Crippen LogP contribution in [0.25, 0.3) is 0 Å². The fraction of sp³-hybridized carbons (Fsp3) is 0.571. The van der Waals surface area contributed by atoms with Crippen LogP contribution in [0.3, 0.4) is 0 Å². The van der Waals surface area contributed by atoms with Crippen LogP contribution in [0.5, 0.6) is 0 Å². The second-order valence-corrected chi connectivity index (χ2v) is 3.59. The Balaban J connectivity index is 0. The molecule has 0 spiro atoms. The SMILES string of the molecule is CCO.CNCC(=O)OC.O=COCC1=CCCC=C1. The summed E-state index contributed by atoms with van der Waals surface area (Å²) in [6.45, 7) is 3.11. The molecule has 0 aliphatic heterocycles. The molecule has 1 rings (SSSR count). The molecule has 1 aliphatic carbocycles. The van der Waals surface area contributed by atoms with Crippen LogP contribution >= 0.6 is 0 Å². The van der Waals surface area contributed by atoms with Gasteiger partial charge in [0.1, 0.15) is 6.61 Å². The minimum atomic E-state index is -0.234. The monoisotopic (exact) mass is 287 g/mol. The lowest BCUT2D eigenvalue weighted by atomic mass is 10.1. The maximum absolute atomic E-state index is 10.1. The molecule has 1 aliphatic rings. The number of aliphatic hydroxyl groups is 1. The smallest absolute Gasteiger partial charge is 0.319 e. The second kappa shape index (κ2) is 17.3. The van der Waals surface area contributed by atoms with Crippen LogP contribution in [-0.2, 0) is 19.1 Å². The summed E-state index contributed by atoms with van der Waals surface area (Å²) in [5.41, 5.74) is 1.10. The maximum Gasteiger partial charge on any atom is 0.319 e. The molecule has 0 aromatic carbocycles. The summed E-state index contributed by atoms with van der Waals surface area (Å²) in [6.07, 6.45) is 8.33. The fourth-order valence-corrected chi connectivity index (χ4v) is 1.12. The van der Waals surface area contributed by atoms with E-state index in [0.29, 0.717) is 13.1 Å². The van der Waals surface area contributed by atoms with Gasteiger partial charge >= 0.3 is 5.97 Å². The zero-order valence-corrected chi connectivity index (χ0v) is 12.4. The quantitative estimate of drug-likeness (QED) is 0.575. The van der Waals surface area contributed by atoms with Crippen molar-refractivity contribution >= 4 is 12.4 Å². The second-order valence-electron chi connectivity index (χ2n) is 3.59. The van der Waals surface area contributed by atoms with E-state index in [1.165, 1.54) is 7.11 Å². The molecule has 20 heavy (non-hydrogen) atoms. The van der Waals surface area contributed by atoms with Gasteiger partial charge in [0.2, 0.25) is 0 Å². The van der Waals surface area contributed by atoms with E-state index in [0.717, 1.165) is 18.4 Å². The summed E-state index contributed by atoms with van der Waals surface area (Å²) < 4.78 is 8.86. The van der Waals surface area contributed by atoms with E-state index in [2.05, 4.69) is 26.9 Å². The minimum absolute atomic E-state index is 0.234. The van der Waals surface area contributed by atoms with Crippen molar-refractivity contribution in [2.24, 2.45) is 0 Å². The Labute approximate surface area is 120 Å². The first kappa shape index (κ1) is 20.7. The van der Waals surface area contributed by atoms with Crippen molar-refractivity contribution in [2.45, 2.75) is 19.8 Å². The Morgan fingerprint density at radius 3 is 2.50 bits per heavy atom. The molecule has 0 aromatic heterocycles. The number of esters is 1. The van der Waals surface area contributed by atoms with Crippen LogP contribution in [0.2, 0.25) is 0 Å². The molecular weight excluding hydrogens is 262 g/mol. The first-order chi connectivity index (χ1) is 9.65. The Morgan fingerprint density at radius 1 is 1.50 bits per heavy atom. The van der Waals surface area contributed by atoms with E-state index in [1.807, 2.05) is 6.08 Å². The lowest BCUT2D eigenvalue weighted by Crippen LogP contribution is -2.19. The lowest BCUT2D eigenvalue weighted by Gasteiger charge is -2.03. The Morgan fingerprint density at radius 2 is 2.15 bits per heavy atom. The number of carbonyl (C=O) groups excluding carboxylic acids is 2. The lowest BCUT2D eigenvalue weighted by molar-refractivity contribution is -0.139. The highest BCUT2D eigenvalue weighted by atomic mass is 16.5. The highest BCUT2D eigenvalue weighted by Crippen LogP contribution is 2.08. The number of hydrogen-bond acceptors (Lipinski definition) is 6. The number of nitrogens with one attached hydrogen (secondary N) is 1. The average molecular weight is 287 g/mol. The van der Waals surface area contributed by atoms with Gasteiger partial charge in [-0.25, -0.2) is 0 Å². The number of allylic oxidation sites excluding steroid dienone is 2. The summed E-state index contributed by atoms with van der Waals surface area (Å²) in [5.74, 6) is -0.234. The number of ether oxygens (including phenoxy) is 2. The summed E-state index contributed by atoms with van der Waals surface area (Å²) in [6, 6.07) is 0. The molecule has 0 heterocycles. The van der Waals surface area contributed by atoms with E-state index in [4.69, 9.17) is 5.11 Å². The predicted molar refractivity (Wildman–Crippen MR) is 77.2 cm³/mol. The van der Waals surface area contributed by atoms with E-state index in [1.54, 1.807) is 14.0 Å². The van der Waals surface area contributed by atoms with Gasteiger partial charge in [-0.15, -0.1) is 0 Å². The van der Waals surface area contributed by atoms with Crippen molar-refractivity contribution in [3.63, 3.8) is 0 Å². The van der Waals surface area contributed by atoms with Crippen molar-refractivity contribution in [1.82, 2.24) is 5.32 Å². The van der Waals surface area contributed by atoms with E-state index in [-0.39, 0.29) is 19.1 Å². The van der Waals surface area contributed by atoms with Crippen LogP contribution in [0, 0.1) is 0 Å². The third-order valence-corrected chi connectivity index (χ3v) is 1.94. The molecule has 0 bridgehead atoms. The molecule has 0 saturated carbocycles. The molecule has 0 fully saturated rings. The van der Waals surface area contributed by atoms with Crippen LogP contribution in [0.4, 0.5) is 0 Å². The molecule has 0 amide bonds. The largest absolute Gasteiger partial charge is 0.468 e. The van der Waals surface area contributed by atoms with E-state index in [9.17, 15) is 9.59 Å². The van der Waals surface area contributed by atoms with Gasteiger partial charge in [0.05, 0.1) is 13.7 Å². The third-order valence-electron chi connectivity index (χ3n) is 1.94. The molecule has 0 radical (unpaired) electrons. The van der Waals surface area contributed by atoms with Gasteiger partial charge in [-0.1, -0.05) is 18.2 Å². The van der Waals surface area contributed by atoms with Gasteiger partial charge in [-0.3, -0.25) is 9.59 Å². The fourth-order valence-electron chi connectivity index (χ4n) is 1.12. The number of rotatable bonds is 5. The summed E-state index contributed by atoms with van der Waals surface area (Å²) >= 11 is 0. The van der Waals surface area contributed by atoms with Gasteiger partial charge in [0.15, 0.2) is 0 Å². The zero-order valence-electron chi connectivity index (χ0n) is 12.4. The molecule has 0 unspecified atom stereocenters. The molecule has 0 atom stereocenters. The first-order valence-corrected chi connectivity index (χ1v) is 6.39. The van der Waals surface area contributed by atoms with Crippen molar-refractivity contribution in [2.75, 3.05) is 33.9 Å². The highest BCUT2D eigenvalue weighted by molar-refractivity contribution is 5.71. The van der Waals surface area contributed by atoms with E-state index < -0.39 is 0 Å². The molecule has 6 nitrogen and oxygen atoms in total. The number of aliphatic hydroxyl groups excluding tert-OH is 1. The molecular formula is C14H25NO5. The molecule has 116 valence electrons. The standard InChI is InChI=1S/C8H10O2.C4H9NO2.C2H6O/c9-7-10-6-8-4-2-1-3-5-8;1-5-3-4(6)7-2;1-2-3/h2,4-5,7H,1,3,6H2;5H,3H2,1-2H3;3H,2H2,1H3. The first-order valence-electron chi connectivity index (χ1n) is 6.39. The van der Waals surface area contributed by atoms with Crippen LogP contribution < -0.4 is 5.32 Å². The Bertz CT molecular complexity index is 300. The normalized spacial score (nSPS) is 11.9. The summed E-state index contributed by atoms with van der Waals surface area (Å²) in [5, 5.41) is 10.2. The minimum Gasteiger partial charge on any atom is -0.468 e. The van der Waals surface area contributed by atoms with E-state index >= 15 is 0 Å². The number of likely N-dealkylation sites (N-methyl/N-ethyl adjacent to an activating group) is 1. The van der Waals surface area contributed by atoms with Gasteiger partial charge in [0, 0.05) is 6.61 Å². The third kappa shape index (κ3) is 16.3. The predicted octanol–water partition coefficient (Wildman–Crippen LogP) is 0.813. The topological polar surface area (TPSA) is 84.9 Å². The zero-order chi connectivity index (χ0) is 15.6. The molecule has 2 N–H and O–H groups in total. The van der Waals surface area contributed by atoms with Crippen molar-refractivity contribution in [3.05, 3.63) is 23.8 Å². The van der Waals surface area contributed by atoms with Gasteiger partial charge in [-0.2, -0.15) is 0 Å². The average Bonchev–Trinajstić information content (AvgIpc) is 2.48. The van der Waals surface area contributed by atoms with Crippen LogP contribution in [-0.4, -0.2) is 51.5 Å². The summed E-state index contributed by atoms with van der Waals surface area (Å²) in [4.78, 5) is 19.9. The van der Waals surface area contributed by atoms with Crippen molar-refractivity contribution < 1.29 is 24.2 Å². The van der Waals surface area contributed by atoms with Gasteiger partial charge in [-0.05, 0) is 32.4 Å². The Hall–Kier alpha value is -1.66. The van der Waals surface area contributed by atoms with Crippen LogP contribution in [0.15, 0.2) is 23.8 Å². The number of hydrogen-bond donors (Lipinski definition) is 2. The number of carbonyl (C=O) groups is 2. The van der Waals surface area contributed by atoms with Gasteiger partial charge < -0.3 is 19.9 Å². The van der Waals surface area contributed by atoms with Crippen LogP contribution in [0.1, 0.15) is 19.8 Å². The Kier molecular flexibility index (Phi) is 17.9. The molecule has 0 aromatic rings. The van der Waals surface area contributed by atoms with Crippen molar-refractivity contribution in [3.8, 4) is 0 Å². The number of methoxy groups -OCH3 is 1. The molecule has 6 heteroatoms. The molecule has 0 saturated heterocycles. The van der Waals surface area contributed by atoms with Gasteiger partial charge in [0.25, 0.3) is 6.47 Å².